The van der Waals surface area contributed by atoms with Crippen LogP contribution in [0.15, 0.2) is 12.3 Å². The van der Waals surface area contributed by atoms with Crippen LogP contribution in [-0.4, -0.2) is 18.1 Å². The van der Waals surface area contributed by atoms with Gasteiger partial charge in [-0.1, -0.05) is 18.5 Å². The molecule has 2 N–H and O–H groups in total. The SMILES string of the molecule is CC1CCCN(c2cc(CN)c(Cl)cn2)C1. The summed E-state index contributed by atoms with van der Waals surface area (Å²) < 4.78 is 0. The van der Waals surface area contributed by atoms with E-state index in [0.717, 1.165) is 30.4 Å². The molecule has 0 radical (unpaired) electrons. The van der Waals surface area contributed by atoms with Crippen molar-refractivity contribution < 1.29 is 0 Å². The Kier molecular flexibility index (Phi) is 3.66. The zero-order valence-corrected chi connectivity index (χ0v) is 10.4. The molecule has 1 aromatic rings. The van der Waals surface area contributed by atoms with Gasteiger partial charge in [-0.3, -0.25) is 0 Å². The van der Waals surface area contributed by atoms with Gasteiger partial charge in [-0.2, -0.15) is 0 Å². The number of nitrogens with zero attached hydrogens (tertiary/aromatic N) is 2. The monoisotopic (exact) mass is 239 g/mol. The second-order valence-electron chi connectivity index (χ2n) is 4.53. The Hall–Kier alpha value is -0.800. The molecule has 2 rings (SSSR count). The zero-order valence-electron chi connectivity index (χ0n) is 9.62. The lowest BCUT2D eigenvalue weighted by atomic mass is 10.0. The average molecular weight is 240 g/mol. The van der Waals surface area contributed by atoms with Gasteiger partial charge in [0, 0.05) is 25.8 Å². The first-order valence-electron chi connectivity index (χ1n) is 5.80. The minimum absolute atomic E-state index is 0.470. The van der Waals surface area contributed by atoms with Crippen molar-refractivity contribution in [2.24, 2.45) is 11.7 Å². The number of halogens is 1. The molecule has 1 aromatic heterocycles. The largest absolute Gasteiger partial charge is 0.356 e. The zero-order chi connectivity index (χ0) is 11.5. The van der Waals surface area contributed by atoms with Crippen LogP contribution < -0.4 is 10.6 Å². The highest BCUT2D eigenvalue weighted by Crippen LogP contribution is 2.24. The molecule has 1 saturated heterocycles. The van der Waals surface area contributed by atoms with Crippen molar-refractivity contribution in [2.75, 3.05) is 18.0 Å². The van der Waals surface area contributed by atoms with Gasteiger partial charge in [0.05, 0.1) is 5.02 Å². The summed E-state index contributed by atoms with van der Waals surface area (Å²) in [5.74, 6) is 1.75. The van der Waals surface area contributed by atoms with E-state index in [4.69, 9.17) is 17.3 Å². The van der Waals surface area contributed by atoms with Crippen LogP contribution in [0.25, 0.3) is 0 Å². The van der Waals surface area contributed by atoms with E-state index in [-0.39, 0.29) is 0 Å². The molecule has 1 unspecified atom stereocenters. The lowest BCUT2D eigenvalue weighted by molar-refractivity contribution is 0.444. The number of hydrogen-bond donors (Lipinski definition) is 1. The average Bonchev–Trinajstić information content (AvgIpc) is 2.29. The molecule has 0 aromatic carbocycles. The van der Waals surface area contributed by atoms with Crippen LogP contribution in [0.5, 0.6) is 0 Å². The summed E-state index contributed by atoms with van der Waals surface area (Å²) in [5, 5.41) is 0.663. The van der Waals surface area contributed by atoms with Crippen molar-refractivity contribution in [3.05, 3.63) is 22.8 Å². The van der Waals surface area contributed by atoms with E-state index in [1.165, 1.54) is 12.8 Å². The highest BCUT2D eigenvalue weighted by Gasteiger charge is 2.18. The Labute approximate surface area is 102 Å². The van der Waals surface area contributed by atoms with Crippen LogP contribution in [0.3, 0.4) is 0 Å². The van der Waals surface area contributed by atoms with Crippen molar-refractivity contribution in [3.63, 3.8) is 0 Å². The number of hydrogen-bond acceptors (Lipinski definition) is 3. The maximum atomic E-state index is 6.00. The van der Waals surface area contributed by atoms with Crippen LogP contribution in [0, 0.1) is 5.92 Å². The molecule has 1 aliphatic rings. The van der Waals surface area contributed by atoms with E-state index in [1.54, 1.807) is 6.20 Å². The standard InChI is InChI=1S/C12H18ClN3/c1-9-3-2-4-16(8-9)12-5-10(6-14)11(13)7-15-12/h5,7,9H,2-4,6,8,14H2,1H3. The molecule has 1 atom stereocenters. The van der Waals surface area contributed by atoms with Crippen molar-refractivity contribution in [2.45, 2.75) is 26.3 Å². The van der Waals surface area contributed by atoms with Crippen LogP contribution in [0.4, 0.5) is 5.82 Å². The summed E-state index contributed by atoms with van der Waals surface area (Å²) in [6, 6.07) is 2.01. The number of pyridine rings is 1. The van der Waals surface area contributed by atoms with Crippen LogP contribution in [-0.2, 0) is 6.54 Å². The van der Waals surface area contributed by atoms with Gasteiger partial charge in [0.15, 0.2) is 0 Å². The number of aromatic nitrogens is 1. The van der Waals surface area contributed by atoms with Gasteiger partial charge in [0.1, 0.15) is 5.82 Å². The molecule has 88 valence electrons. The topological polar surface area (TPSA) is 42.1 Å². The van der Waals surface area contributed by atoms with Gasteiger partial charge in [0.2, 0.25) is 0 Å². The highest BCUT2D eigenvalue weighted by molar-refractivity contribution is 6.31. The minimum atomic E-state index is 0.470. The summed E-state index contributed by atoms with van der Waals surface area (Å²) in [7, 11) is 0. The molecule has 2 heterocycles. The van der Waals surface area contributed by atoms with Crippen molar-refractivity contribution in [3.8, 4) is 0 Å². The van der Waals surface area contributed by atoms with E-state index in [9.17, 15) is 0 Å². The first-order valence-corrected chi connectivity index (χ1v) is 6.18. The van der Waals surface area contributed by atoms with Crippen molar-refractivity contribution >= 4 is 17.4 Å². The summed E-state index contributed by atoms with van der Waals surface area (Å²) in [6.45, 7) is 4.92. The molecule has 1 fully saturated rings. The minimum Gasteiger partial charge on any atom is -0.356 e. The third-order valence-corrected chi connectivity index (χ3v) is 3.46. The summed E-state index contributed by atoms with van der Waals surface area (Å²) in [4.78, 5) is 6.71. The van der Waals surface area contributed by atoms with Crippen molar-refractivity contribution in [1.82, 2.24) is 4.98 Å². The predicted octanol–water partition coefficient (Wildman–Crippen LogP) is 2.43. The van der Waals surface area contributed by atoms with Gasteiger partial charge in [-0.05, 0) is 30.4 Å². The first-order chi connectivity index (χ1) is 7.70. The molecule has 3 nitrogen and oxygen atoms in total. The van der Waals surface area contributed by atoms with Gasteiger partial charge >= 0.3 is 0 Å². The lowest BCUT2D eigenvalue weighted by Crippen LogP contribution is -2.34. The number of rotatable bonds is 2. The van der Waals surface area contributed by atoms with Crippen LogP contribution in [0.2, 0.25) is 5.02 Å². The summed E-state index contributed by atoms with van der Waals surface area (Å²) in [5.41, 5.74) is 6.62. The molecule has 0 spiro atoms. The van der Waals surface area contributed by atoms with E-state index >= 15 is 0 Å². The maximum Gasteiger partial charge on any atom is 0.128 e. The highest BCUT2D eigenvalue weighted by atomic mass is 35.5. The van der Waals surface area contributed by atoms with Gasteiger partial charge in [-0.15, -0.1) is 0 Å². The van der Waals surface area contributed by atoms with Gasteiger partial charge in [-0.25, -0.2) is 4.98 Å². The number of piperidine rings is 1. The van der Waals surface area contributed by atoms with E-state index in [2.05, 4.69) is 16.8 Å². The second-order valence-corrected chi connectivity index (χ2v) is 4.94. The number of anilines is 1. The normalized spacial score (nSPS) is 21.2. The van der Waals surface area contributed by atoms with Gasteiger partial charge in [0.25, 0.3) is 0 Å². The van der Waals surface area contributed by atoms with Gasteiger partial charge < -0.3 is 10.6 Å². The quantitative estimate of drug-likeness (QED) is 0.862. The Morgan fingerprint density at radius 2 is 2.44 bits per heavy atom. The Morgan fingerprint density at radius 1 is 1.62 bits per heavy atom. The summed E-state index contributed by atoms with van der Waals surface area (Å²) in [6.07, 6.45) is 4.26. The van der Waals surface area contributed by atoms with Crippen molar-refractivity contribution in [1.29, 1.82) is 0 Å². The Balaban J connectivity index is 2.19. The van der Waals surface area contributed by atoms with E-state index in [1.807, 2.05) is 6.07 Å². The van der Waals surface area contributed by atoms with E-state index < -0.39 is 0 Å². The fourth-order valence-corrected chi connectivity index (χ4v) is 2.38. The molecule has 1 aliphatic heterocycles. The molecule has 0 saturated carbocycles. The third kappa shape index (κ3) is 2.47. The Morgan fingerprint density at radius 3 is 3.12 bits per heavy atom. The third-order valence-electron chi connectivity index (χ3n) is 3.12. The van der Waals surface area contributed by atoms with E-state index in [0.29, 0.717) is 11.6 Å². The second kappa shape index (κ2) is 5.02. The first kappa shape index (κ1) is 11.7. The molecule has 4 heteroatoms. The molecule has 0 bridgehead atoms. The molecular weight excluding hydrogens is 222 g/mol. The molecule has 0 aliphatic carbocycles. The molecule has 0 amide bonds. The lowest BCUT2D eigenvalue weighted by Gasteiger charge is -2.32. The molecular formula is C12H18ClN3. The Bertz CT molecular complexity index is 367. The maximum absolute atomic E-state index is 6.00. The van der Waals surface area contributed by atoms with Crippen LogP contribution in [0.1, 0.15) is 25.3 Å². The fourth-order valence-electron chi connectivity index (χ4n) is 2.19. The smallest absolute Gasteiger partial charge is 0.128 e. The van der Waals surface area contributed by atoms with Crippen LogP contribution >= 0.6 is 11.6 Å². The molecule has 16 heavy (non-hydrogen) atoms. The number of nitrogens with two attached hydrogens (primary N) is 1. The predicted molar refractivity (Wildman–Crippen MR) is 67.7 cm³/mol. The fraction of sp³-hybridized carbons (Fsp3) is 0.583. The summed E-state index contributed by atoms with van der Waals surface area (Å²) >= 11 is 6.00.